The largest absolute Gasteiger partial charge is 0.476 e. The average Bonchev–Trinajstić information content (AvgIpc) is 2.16. The molecular weight excluding hydrogens is 248 g/mol. The van der Waals surface area contributed by atoms with E-state index in [2.05, 4.69) is 32.2 Å². The van der Waals surface area contributed by atoms with E-state index in [4.69, 9.17) is 10.5 Å². The molecule has 1 aromatic rings. The van der Waals surface area contributed by atoms with Gasteiger partial charge in [0, 0.05) is 11.3 Å². The highest BCUT2D eigenvalue weighted by molar-refractivity contribution is 5.85. The molecule has 1 atom stereocenters. The van der Waals surface area contributed by atoms with Crippen molar-refractivity contribution in [1.82, 2.24) is 0 Å². The maximum Gasteiger partial charge on any atom is 0.144 e. The van der Waals surface area contributed by atoms with Crippen LogP contribution in [0.1, 0.15) is 33.3 Å². The molecule has 100 valence electrons. The molecule has 3 N–H and O–H groups in total. The topological polar surface area (TPSA) is 47.3 Å². The van der Waals surface area contributed by atoms with Crippen LogP contribution in [0.3, 0.4) is 0 Å². The summed E-state index contributed by atoms with van der Waals surface area (Å²) in [6.45, 7) is 8.26. The molecular formula is C14H21ClN2O. The predicted molar refractivity (Wildman–Crippen MR) is 79.3 cm³/mol. The van der Waals surface area contributed by atoms with Crippen molar-refractivity contribution in [3.8, 4) is 5.75 Å². The van der Waals surface area contributed by atoms with Crippen LogP contribution < -0.4 is 15.8 Å². The maximum absolute atomic E-state index is 5.63. The number of nitrogens with two attached hydrogens (primary N) is 1. The molecule has 0 saturated carbocycles. The maximum atomic E-state index is 5.63. The number of fused-ring (bicyclic) bond motifs is 1. The van der Waals surface area contributed by atoms with E-state index in [1.807, 2.05) is 25.1 Å². The number of halogens is 1. The SMILES string of the molecule is CC1=CC(C)(C)Nc2ccc(OC(C)N)cc21.Cl. The number of rotatable bonds is 2. The summed E-state index contributed by atoms with van der Waals surface area (Å²) in [5.41, 5.74) is 9.22. The summed E-state index contributed by atoms with van der Waals surface area (Å²) in [6.07, 6.45) is 1.94. The van der Waals surface area contributed by atoms with Gasteiger partial charge in [-0.05, 0) is 51.5 Å². The van der Waals surface area contributed by atoms with Gasteiger partial charge in [0.15, 0.2) is 0 Å². The molecule has 1 heterocycles. The number of hydrogen-bond donors (Lipinski definition) is 2. The molecule has 1 unspecified atom stereocenters. The number of hydrogen-bond acceptors (Lipinski definition) is 3. The van der Waals surface area contributed by atoms with E-state index in [9.17, 15) is 0 Å². The van der Waals surface area contributed by atoms with Gasteiger partial charge in [-0.2, -0.15) is 0 Å². The Balaban J connectivity index is 0.00000162. The smallest absolute Gasteiger partial charge is 0.144 e. The van der Waals surface area contributed by atoms with Crippen molar-refractivity contribution in [2.24, 2.45) is 5.73 Å². The molecule has 0 fully saturated rings. The molecule has 2 rings (SSSR count). The van der Waals surface area contributed by atoms with Crippen LogP contribution in [0, 0.1) is 0 Å². The van der Waals surface area contributed by atoms with E-state index in [-0.39, 0.29) is 24.2 Å². The van der Waals surface area contributed by atoms with E-state index in [1.54, 1.807) is 0 Å². The lowest BCUT2D eigenvalue weighted by atomic mass is 9.91. The van der Waals surface area contributed by atoms with E-state index in [0.717, 1.165) is 11.4 Å². The molecule has 0 saturated heterocycles. The van der Waals surface area contributed by atoms with Gasteiger partial charge in [-0.15, -0.1) is 12.4 Å². The molecule has 1 aliphatic heterocycles. The second-order valence-electron chi connectivity index (χ2n) is 5.20. The van der Waals surface area contributed by atoms with Crippen molar-refractivity contribution >= 4 is 23.7 Å². The number of nitrogens with one attached hydrogen (secondary N) is 1. The van der Waals surface area contributed by atoms with Gasteiger partial charge in [-0.1, -0.05) is 6.08 Å². The summed E-state index contributed by atoms with van der Waals surface area (Å²) in [5.74, 6) is 0.813. The van der Waals surface area contributed by atoms with Gasteiger partial charge in [0.25, 0.3) is 0 Å². The summed E-state index contributed by atoms with van der Waals surface area (Å²) in [6, 6.07) is 6.03. The Morgan fingerprint density at radius 1 is 1.33 bits per heavy atom. The van der Waals surface area contributed by atoms with Crippen LogP contribution in [0.25, 0.3) is 5.57 Å². The van der Waals surface area contributed by atoms with Crippen LogP contribution in [0.15, 0.2) is 24.3 Å². The van der Waals surface area contributed by atoms with Crippen LogP contribution in [0.5, 0.6) is 5.75 Å². The Morgan fingerprint density at radius 3 is 2.61 bits per heavy atom. The zero-order chi connectivity index (χ0) is 12.6. The molecule has 3 nitrogen and oxygen atoms in total. The number of allylic oxidation sites excluding steroid dienone is 1. The van der Waals surface area contributed by atoms with Crippen LogP contribution in [-0.2, 0) is 0 Å². The Labute approximate surface area is 115 Å². The van der Waals surface area contributed by atoms with E-state index >= 15 is 0 Å². The van der Waals surface area contributed by atoms with Crippen LogP contribution in [0.2, 0.25) is 0 Å². The Hall–Kier alpha value is -1.19. The summed E-state index contributed by atoms with van der Waals surface area (Å²) in [7, 11) is 0. The van der Waals surface area contributed by atoms with E-state index in [0.29, 0.717) is 0 Å². The molecule has 0 bridgehead atoms. The van der Waals surface area contributed by atoms with Crippen molar-refractivity contribution in [1.29, 1.82) is 0 Å². The lowest BCUT2D eigenvalue weighted by molar-refractivity contribution is 0.230. The molecule has 0 aromatic heterocycles. The van der Waals surface area contributed by atoms with Gasteiger partial charge in [0.05, 0.1) is 5.54 Å². The normalized spacial score (nSPS) is 17.7. The Morgan fingerprint density at radius 2 is 2.00 bits per heavy atom. The van der Waals surface area contributed by atoms with Gasteiger partial charge in [0.1, 0.15) is 12.0 Å². The van der Waals surface area contributed by atoms with Crippen molar-refractivity contribution in [3.63, 3.8) is 0 Å². The molecule has 18 heavy (non-hydrogen) atoms. The van der Waals surface area contributed by atoms with E-state index < -0.39 is 0 Å². The van der Waals surface area contributed by atoms with Gasteiger partial charge in [-0.25, -0.2) is 0 Å². The first-order valence-electron chi connectivity index (χ1n) is 5.92. The summed E-state index contributed by atoms with van der Waals surface area (Å²) in [5, 5.41) is 3.48. The van der Waals surface area contributed by atoms with Crippen molar-refractivity contribution in [2.45, 2.75) is 39.5 Å². The van der Waals surface area contributed by atoms with Gasteiger partial charge in [-0.3, -0.25) is 5.73 Å². The third-order valence-electron chi connectivity index (χ3n) is 2.77. The van der Waals surface area contributed by atoms with Crippen LogP contribution in [-0.4, -0.2) is 11.8 Å². The number of anilines is 1. The second kappa shape index (κ2) is 5.21. The standard InChI is InChI=1S/C14H20N2O.ClH/c1-9-8-14(3,4)16-13-6-5-11(7-12(9)13)17-10(2)15;/h5-8,10,16H,15H2,1-4H3;1H. The van der Waals surface area contributed by atoms with Crippen molar-refractivity contribution in [2.75, 3.05) is 5.32 Å². The highest BCUT2D eigenvalue weighted by Gasteiger charge is 2.22. The minimum atomic E-state index is -0.287. The fraction of sp³-hybridized carbons (Fsp3) is 0.429. The fourth-order valence-corrected chi connectivity index (χ4v) is 2.25. The zero-order valence-corrected chi connectivity index (χ0v) is 12.1. The Kier molecular flexibility index (Phi) is 4.30. The third-order valence-corrected chi connectivity index (χ3v) is 2.77. The quantitative estimate of drug-likeness (QED) is 0.808. The number of benzene rings is 1. The lowest BCUT2D eigenvalue weighted by Crippen LogP contribution is -2.31. The second-order valence-corrected chi connectivity index (χ2v) is 5.20. The third kappa shape index (κ3) is 3.18. The van der Waals surface area contributed by atoms with E-state index in [1.165, 1.54) is 11.1 Å². The molecule has 0 amide bonds. The Bertz CT molecular complexity index is 467. The summed E-state index contributed by atoms with van der Waals surface area (Å²) in [4.78, 5) is 0. The zero-order valence-electron chi connectivity index (χ0n) is 11.3. The van der Waals surface area contributed by atoms with Crippen LogP contribution >= 0.6 is 12.4 Å². The van der Waals surface area contributed by atoms with Crippen molar-refractivity contribution in [3.05, 3.63) is 29.8 Å². The number of ether oxygens (including phenoxy) is 1. The molecule has 4 heteroatoms. The van der Waals surface area contributed by atoms with Crippen molar-refractivity contribution < 1.29 is 4.74 Å². The van der Waals surface area contributed by atoms with Gasteiger partial charge < -0.3 is 10.1 Å². The molecule has 0 radical (unpaired) electrons. The minimum absolute atomic E-state index is 0. The molecule has 0 spiro atoms. The van der Waals surface area contributed by atoms with Crippen LogP contribution in [0.4, 0.5) is 5.69 Å². The minimum Gasteiger partial charge on any atom is -0.476 e. The van der Waals surface area contributed by atoms with Gasteiger partial charge >= 0.3 is 0 Å². The first-order chi connectivity index (χ1) is 7.87. The summed E-state index contributed by atoms with van der Waals surface area (Å²) >= 11 is 0. The molecule has 0 aliphatic carbocycles. The lowest BCUT2D eigenvalue weighted by Gasteiger charge is -2.31. The summed E-state index contributed by atoms with van der Waals surface area (Å²) < 4.78 is 5.50. The highest BCUT2D eigenvalue weighted by atomic mass is 35.5. The first-order valence-corrected chi connectivity index (χ1v) is 5.92. The molecule has 1 aliphatic rings. The molecule has 1 aromatic carbocycles. The highest BCUT2D eigenvalue weighted by Crippen LogP contribution is 2.35. The monoisotopic (exact) mass is 268 g/mol. The predicted octanol–water partition coefficient (Wildman–Crippen LogP) is 3.40. The first kappa shape index (κ1) is 14.9. The van der Waals surface area contributed by atoms with Gasteiger partial charge in [0.2, 0.25) is 0 Å². The fourth-order valence-electron chi connectivity index (χ4n) is 2.25. The average molecular weight is 269 g/mol.